The van der Waals surface area contributed by atoms with Gasteiger partial charge >= 0.3 is 12.0 Å². The van der Waals surface area contributed by atoms with Crippen molar-refractivity contribution in [3.8, 4) is 0 Å². The van der Waals surface area contributed by atoms with Gasteiger partial charge in [-0.15, -0.1) is 0 Å². The average Bonchev–Trinajstić information content (AvgIpc) is 2.23. The molecule has 0 saturated carbocycles. The molecule has 0 spiro atoms. The number of nitrogens with one attached hydrogen (secondary N) is 2. The van der Waals surface area contributed by atoms with Crippen molar-refractivity contribution >= 4 is 40.9 Å². The molecule has 0 fully saturated rings. The van der Waals surface area contributed by atoms with E-state index < -0.39 is 18.0 Å². The third-order valence-electron chi connectivity index (χ3n) is 1.89. The molecule has 92 valence electrons. The maximum atomic E-state index is 11.4. The highest BCUT2D eigenvalue weighted by Gasteiger charge is 2.14. The van der Waals surface area contributed by atoms with Crippen molar-refractivity contribution in [2.45, 2.75) is 13.0 Å². The van der Waals surface area contributed by atoms with Crippen molar-refractivity contribution in [1.82, 2.24) is 5.32 Å². The molecule has 0 bridgehead atoms. The van der Waals surface area contributed by atoms with Crippen LogP contribution in [0.2, 0.25) is 10.0 Å². The third kappa shape index (κ3) is 4.13. The number of aliphatic carboxylic acids is 1. The van der Waals surface area contributed by atoms with Crippen LogP contribution >= 0.6 is 23.2 Å². The number of rotatable bonds is 3. The lowest BCUT2D eigenvalue weighted by atomic mass is 10.3. The van der Waals surface area contributed by atoms with Gasteiger partial charge in [-0.1, -0.05) is 23.2 Å². The number of halogens is 2. The molecule has 0 heterocycles. The van der Waals surface area contributed by atoms with Gasteiger partial charge in [0.25, 0.3) is 0 Å². The largest absolute Gasteiger partial charge is 0.480 e. The van der Waals surface area contributed by atoms with E-state index in [4.69, 9.17) is 28.3 Å². The van der Waals surface area contributed by atoms with Crippen LogP contribution in [0.25, 0.3) is 0 Å². The predicted molar refractivity (Wildman–Crippen MR) is 65.7 cm³/mol. The lowest BCUT2D eigenvalue weighted by Gasteiger charge is -2.11. The van der Waals surface area contributed by atoms with Gasteiger partial charge in [0.05, 0.1) is 10.7 Å². The van der Waals surface area contributed by atoms with Crippen LogP contribution in [-0.2, 0) is 4.79 Å². The second-order valence-corrected chi connectivity index (χ2v) is 4.13. The summed E-state index contributed by atoms with van der Waals surface area (Å²) in [5.41, 5.74) is 0.314. The topological polar surface area (TPSA) is 78.4 Å². The normalized spacial score (nSPS) is 11.7. The Hall–Kier alpha value is -1.46. The smallest absolute Gasteiger partial charge is 0.325 e. The molecule has 2 amide bonds. The number of benzene rings is 1. The molecular formula is C10H10Cl2N2O3. The molecule has 0 saturated heterocycles. The molecule has 17 heavy (non-hydrogen) atoms. The van der Waals surface area contributed by atoms with Crippen molar-refractivity contribution in [3.63, 3.8) is 0 Å². The highest BCUT2D eigenvalue weighted by Crippen LogP contribution is 2.25. The van der Waals surface area contributed by atoms with E-state index in [2.05, 4.69) is 10.6 Å². The summed E-state index contributed by atoms with van der Waals surface area (Å²) in [5, 5.41) is 14.0. The Balaban J connectivity index is 2.68. The van der Waals surface area contributed by atoms with Crippen LogP contribution in [0.15, 0.2) is 18.2 Å². The molecule has 1 atom stereocenters. The minimum atomic E-state index is -1.13. The van der Waals surface area contributed by atoms with E-state index >= 15 is 0 Å². The number of carbonyl (C=O) groups is 2. The van der Waals surface area contributed by atoms with E-state index in [0.29, 0.717) is 15.7 Å². The summed E-state index contributed by atoms with van der Waals surface area (Å²) in [7, 11) is 0. The molecule has 0 aliphatic carbocycles. The SMILES string of the molecule is C[C@H](NC(=O)Nc1cc(Cl)ccc1Cl)C(=O)O. The number of anilines is 1. The summed E-state index contributed by atoms with van der Waals surface area (Å²) in [6, 6.07) is 2.92. The maximum Gasteiger partial charge on any atom is 0.325 e. The third-order valence-corrected chi connectivity index (χ3v) is 2.46. The Kier molecular flexibility index (Phi) is 4.60. The molecule has 1 aromatic rings. The van der Waals surface area contributed by atoms with Gasteiger partial charge in [0, 0.05) is 5.02 Å². The Labute approximate surface area is 108 Å². The summed E-state index contributed by atoms with van der Waals surface area (Å²) in [5.74, 6) is -1.13. The molecule has 1 rings (SSSR count). The van der Waals surface area contributed by atoms with E-state index in [9.17, 15) is 9.59 Å². The molecule has 7 heteroatoms. The zero-order valence-electron chi connectivity index (χ0n) is 8.83. The van der Waals surface area contributed by atoms with Gasteiger partial charge in [-0.25, -0.2) is 4.79 Å². The first-order chi connectivity index (χ1) is 7.90. The summed E-state index contributed by atoms with van der Waals surface area (Å²) in [4.78, 5) is 21.9. The molecule has 0 unspecified atom stereocenters. The van der Waals surface area contributed by atoms with Crippen LogP contribution in [0.5, 0.6) is 0 Å². The van der Waals surface area contributed by atoms with Crippen LogP contribution in [0.1, 0.15) is 6.92 Å². The first-order valence-electron chi connectivity index (χ1n) is 4.65. The number of urea groups is 1. The second kappa shape index (κ2) is 5.75. The van der Waals surface area contributed by atoms with Crippen molar-refractivity contribution in [3.05, 3.63) is 28.2 Å². The Morgan fingerprint density at radius 1 is 1.35 bits per heavy atom. The standard InChI is InChI=1S/C10H10Cl2N2O3/c1-5(9(15)16)13-10(17)14-8-4-6(11)2-3-7(8)12/h2-5H,1H3,(H,15,16)(H2,13,14,17)/t5-/m0/s1. The van der Waals surface area contributed by atoms with Gasteiger partial charge in [0.1, 0.15) is 6.04 Å². The first-order valence-corrected chi connectivity index (χ1v) is 5.41. The van der Waals surface area contributed by atoms with Crippen LogP contribution in [0.4, 0.5) is 10.5 Å². The predicted octanol–water partition coefficient (Wildman–Crippen LogP) is 2.59. The number of hydrogen-bond acceptors (Lipinski definition) is 2. The quantitative estimate of drug-likeness (QED) is 0.794. The van der Waals surface area contributed by atoms with Crippen LogP contribution < -0.4 is 10.6 Å². The summed E-state index contributed by atoms with van der Waals surface area (Å²) in [6.07, 6.45) is 0. The zero-order chi connectivity index (χ0) is 13.0. The molecular weight excluding hydrogens is 267 g/mol. The molecule has 0 radical (unpaired) electrons. The maximum absolute atomic E-state index is 11.4. The summed E-state index contributed by atoms with van der Waals surface area (Å²) >= 11 is 11.6. The lowest BCUT2D eigenvalue weighted by Crippen LogP contribution is -2.40. The van der Waals surface area contributed by atoms with Gasteiger partial charge in [-0.2, -0.15) is 0 Å². The Morgan fingerprint density at radius 3 is 2.59 bits per heavy atom. The molecule has 0 aromatic heterocycles. The number of carboxylic acids is 1. The minimum absolute atomic E-state index is 0.313. The molecule has 1 aromatic carbocycles. The molecule has 0 aliphatic rings. The van der Waals surface area contributed by atoms with Gasteiger partial charge in [-0.05, 0) is 25.1 Å². The molecule has 3 N–H and O–H groups in total. The van der Waals surface area contributed by atoms with E-state index in [1.807, 2.05) is 0 Å². The van der Waals surface area contributed by atoms with E-state index in [-0.39, 0.29) is 0 Å². The fraction of sp³-hybridized carbons (Fsp3) is 0.200. The average molecular weight is 277 g/mol. The molecule has 5 nitrogen and oxygen atoms in total. The van der Waals surface area contributed by atoms with E-state index in [0.717, 1.165) is 0 Å². The zero-order valence-corrected chi connectivity index (χ0v) is 10.3. The fourth-order valence-electron chi connectivity index (χ4n) is 1.01. The highest BCUT2D eigenvalue weighted by molar-refractivity contribution is 6.35. The lowest BCUT2D eigenvalue weighted by molar-refractivity contribution is -0.138. The molecule has 0 aliphatic heterocycles. The Bertz CT molecular complexity index is 451. The van der Waals surface area contributed by atoms with E-state index in [1.165, 1.54) is 19.1 Å². The van der Waals surface area contributed by atoms with Gasteiger partial charge < -0.3 is 15.7 Å². The minimum Gasteiger partial charge on any atom is -0.480 e. The fourth-order valence-corrected chi connectivity index (χ4v) is 1.35. The van der Waals surface area contributed by atoms with Gasteiger partial charge in [0.15, 0.2) is 0 Å². The van der Waals surface area contributed by atoms with Crippen molar-refractivity contribution < 1.29 is 14.7 Å². The van der Waals surface area contributed by atoms with Crippen molar-refractivity contribution in [2.24, 2.45) is 0 Å². The summed E-state index contributed by atoms with van der Waals surface area (Å²) < 4.78 is 0. The van der Waals surface area contributed by atoms with Crippen LogP contribution in [0.3, 0.4) is 0 Å². The Morgan fingerprint density at radius 2 is 2.00 bits per heavy atom. The number of carboxylic acid groups (broad SMARTS) is 1. The number of amides is 2. The monoisotopic (exact) mass is 276 g/mol. The number of carbonyl (C=O) groups excluding carboxylic acids is 1. The number of hydrogen-bond donors (Lipinski definition) is 3. The van der Waals surface area contributed by atoms with Crippen LogP contribution in [-0.4, -0.2) is 23.1 Å². The van der Waals surface area contributed by atoms with Crippen molar-refractivity contribution in [2.75, 3.05) is 5.32 Å². The second-order valence-electron chi connectivity index (χ2n) is 3.28. The van der Waals surface area contributed by atoms with Crippen LogP contribution in [0, 0.1) is 0 Å². The first kappa shape index (κ1) is 13.6. The highest BCUT2D eigenvalue weighted by atomic mass is 35.5. The van der Waals surface area contributed by atoms with Gasteiger partial charge in [0.2, 0.25) is 0 Å². The summed E-state index contributed by atoms with van der Waals surface area (Å²) in [6.45, 7) is 1.35. The van der Waals surface area contributed by atoms with Crippen molar-refractivity contribution in [1.29, 1.82) is 0 Å². The van der Waals surface area contributed by atoms with Gasteiger partial charge in [-0.3, -0.25) is 4.79 Å². The van der Waals surface area contributed by atoms with E-state index in [1.54, 1.807) is 6.07 Å².